The van der Waals surface area contributed by atoms with Gasteiger partial charge in [0.2, 0.25) is 0 Å². The van der Waals surface area contributed by atoms with E-state index in [4.69, 9.17) is 15.4 Å². The lowest BCUT2D eigenvalue weighted by Crippen LogP contribution is -2.51. The Labute approximate surface area is 171 Å². The Kier molecular flexibility index (Phi) is 5.12. The van der Waals surface area contributed by atoms with Gasteiger partial charge < -0.3 is 19.9 Å². The minimum atomic E-state index is -0.773. The van der Waals surface area contributed by atoms with Crippen molar-refractivity contribution in [2.75, 3.05) is 24.6 Å². The molecule has 1 fully saturated rings. The van der Waals surface area contributed by atoms with E-state index in [1.165, 1.54) is 19.3 Å². The predicted molar refractivity (Wildman–Crippen MR) is 107 cm³/mol. The number of amidine groups is 1. The number of hydrogen-bond acceptors (Lipinski definition) is 7. The summed E-state index contributed by atoms with van der Waals surface area (Å²) in [6.45, 7) is 2.46. The number of aromatic nitrogens is 3. The third-order valence-corrected chi connectivity index (χ3v) is 4.83. The number of hydrogen-bond donors (Lipinski definition) is 3. The number of fused-ring (bicyclic) bond motifs is 1. The molecule has 9 nitrogen and oxygen atoms in total. The lowest BCUT2D eigenvalue weighted by molar-refractivity contribution is -0.131. The van der Waals surface area contributed by atoms with Crippen LogP contribution in [0.4, 0.5) is 10.2 Å². The van der Waals surface area contributed by atoms with Gasteiger partial charge in [0.25, 0.3) is 5.91 Å². The standard InChI is InChI=1S/C20H18FN7O2/c1-11(23)27-20(29)15-9-28(5-6-30-15)19-16-14(8-24-18(16)25-10-26-19)13-4-2-3-12(7-22)17(13)21/h2-4,8,10,15H,5-6,9H2,1H3,(H2,23,27,29)(H,24,25,26). The van der Waals surface area contributed by atoms with E-state index in [-0.39, 0.29) is 23.5 Å². The summed E-state index contributed by atoms with van der Waals surface area (Å²) in [4.78, 5) is 25.8. The lowest BCUT2D eigenvalue weighted by atomic mass is 10.0. The molecule has 152 valence electrons. The zero-order valence-electron chi connectivity index (χ0n) is 16.1. The highest BCUT2D eigenvalue weighted by Gasteiger charge is 2.29. The monoisotopic (exact) mass is 407 g/mol. The lowest BCUT2D eigenvalue weighted by Gasteiger charge is -2.33. The van der Waals surface area contributed by atoms with Crippen LogP contribution in [-0.4, -0.2) is 52.5 Å². The van der Waals surface area contributed by atoms with E-state index < -0.39 is 17.8 Å². The topological polar surface area (TPSA) is 131 Å². The van der Waals surface area contributed by atoms with Crippen molar-refractivity contribution in [3.05, 3.63) is 42.1 Å². The van der Waals surface area contributed by atoms with Crippen LogP contribution in [0.2, 0.25) is 0 Å². The van der Waals surface area contributed by atoms with Crippen LogP contribution >= 0.6 is 0 Å². The minimum absolute atomic E-state index is 0.0333. The molecular formula is C20H18FN7O2. The maximum atomic E-state index is 14.8. The molecule has 3 N–H and O–H groups in total. The summed E-state index contributed by atoms with van der Waals surface area (Å²) < 4.78 is 20.4. The molecule has 0 bridgehead atoms. The molecule has 1 atom stereocenters. The first-order chi connectivity index (χ1) is 14.5. The maximum absolute atomic E-state index is 14.8. The molecule has 2 aromatic heterocycles. The van der Waals surface area contributed by atoms with E-state index in [1.807, 2.05) is 11.0 Å². The summed E-state index contributed by atoms with van der Waals surface area (Å²) in [5, 5.41) is 19.6. The van der Waals surface area contributed by atoms with Crippen molar-refractivity contribution in [3.63, 3.8) is 0 Å². The van der Waals surface area contributed by atoms with Gasteiger partial charge in [-0.15, -0.1) is 0 Å². The van der Waals surface area contributed by atoms with Crippen molar-refractivity contribution in [2.24, 2.45) is 0 Å². The molecule has 3 heterocycles. The van der Waals surface area contributed by atoms with Gasteiger partial charge in [-0.05, 0) is 13.0 Å². The molecule has 30 heavy (non-hydrogen) atoms. The van der Waals surface area contributed by atoms with E-state index in [1.54, 1.807) is 18.3 Å². The molecule has 0 radical (unpaired) electrons. The minimum Gasteiger partial charge on any atom is -0.365 e. The summed E-state index contributed by atoms with van der Waals surface area (Å²) in [6.07, 6.45) is 2.25. The molecule has 1 aliphatic heterocycles. The summed E-state index contributed by atoms with van der Waals surface area (Å²) in [5.41, 5.74) is 1.25. The molecule has 3 aromatic rings. The van der Waals surface area contributed by atoms with E-state index in [0.29, 0.717) is 35.6 Å². The number of rotatable bonds is 3. The molecule has 1 aromatic carbocycles. The summed E-state index contributed by atoms with van der Waals surface area (Å²) in [5.74, 6) is -0.451. The first-order valence-corrected chi connectivity index (χ1v) is 9.23. The quantitative estimate of drug-likeness (QED) is 0.449. The zero-order chi connectivity index (χ0) is 21.3. The number of H-pyrrole nitrogens is 1. The van der Waals surface area contributed by atoms with E-state index in [2.05, 4.69) is 20.3 Å². The number of carbonyl (C=O) groups excluding carboxylic acids is 1. The number of halogens is 1. The van der Waals surface area contributed by atoms with Crippen molar-refractivity contribution < 1.29 is 13.9 Å². The zero-order valence-corrected chi connectivity index (χ0v) is 16.1. The number of nitrogens with one attached hydrogen (secondary N) is 3. The number of nitriles is 1. The van der Waals surface area contributed by atoms with Crippen molar-refractivity contribution in [1.29, 1.82) is 10.7 Å². The molecule has 0 aliphatic carbocycles. The Morgan fingerprint density at radius 2 is 2.27 bits per heavy atom. The fraction of sp³-hybridized carbons (Fsp3) is 0.250. The van der Waals surface area contributed by atoms with E-state index in [9.17, 15) is 9.18 Å². The molecule has 1 saturated heterocycles. The van der Waals surface area contributed by atoms with E-state index in [0.717, 1.165) is 0 Å². The number of ether oxygens (including phenoxy) is 1. The predicted octanol–water partition coefficient (Wildman–Crippen LogP) is 1.95. The SMILES string of the molecule is CC(=N)NC(=O)C1CN(c2ncnc3[nH]cc(-c4cccc(C#N)c4F)c23)CCO1. The smallest absolute Gasteiger partial charge is 0.256 e. The molecule has 0 spiro atoms. The van der Waals surface area contributed by atoms with Crippen molar-refractivity contribution >= 4 is 28.6 Å². The molecule has 1 aliphatic rings. The summed E-state index contributed by atoms with van der Waals surface area (Å²) in [6, 6.07) is 6.48. The highest BCUT2D eigenvalue weighted by Crippen LogP contribution is 2.36. The molecule has 0 saturated carbocycles. The van der Waals surface area contributed by atoms with Crippen LogP contribution in [0.5, 0.6) is 0 Å². The highest BCUT2D eigenvalue weighted by molar-refractivity contribution is 6.02. The van der Waals surface area contributed by atoms with Gasteiger partial charge in [-0.3, -0.25) is 10.2 Å². The first-order valence-electron chi connectivity index (χ1n) is 9.23. The number of morpholine rings is 1. The number of aromatic amines is 1. The first kappa shape index (κ1) is 19.5. The Hall–Kier alpha value is -3.84. The summed E-state index contributed by atoms with van der Waals surface area (Å²) in [7, 11) is 0. The van der Waals surface area contributed by atoms with Crippen LogP contribution in [0.3, 0.4) is 0 Å². The van der Waals surface area contributed by atoms with Gasteiger partial charge in [0.15, 0.2) is 6.10 Å². The number of carbonyl (C=O) groups is 1. The molecular weight excluding hydrogens is 389 g/mol. The van der Waals surface area contributed by atoms with E-state index >= 15 is 0 Å². The Balaban J connectivity index is 1.76. The van der Waals surface area contributed by atoms with Gasteiger partial charge in [0.05, 0.1) is 29.9 Å². The van der Waals surface area contributed by atoms with Gasteiger partial charge in [0.1, 0.15) is 29.7 Å². The van der Waals surface area contributed by atoms with Crippen molar-refractivity contribution in [2.45, 2.75) is 13.0 Å². The Bertz CT molecular complexity index is 1180. The third-order valence-electron chi connectivity index (χ3n) is 4.83. The van der Waals surface area contributed by atoms with Gasteiger partial charge in [-0.25, -0.2) is 14.4 Å². The highest BCUT2D eigenvalue weighted by atomic mass is 19.1. The van der Waals surface area contributed by atoms with Crippen molar-refractivity contribution in [1.82, 2.24) is 20.3 Å². The molecule has 10 heteroatoms. The second kappa shape index (κ2) is 7.88. The average Bonchev–Trinajstić information content (AvgIpc) is 3.17. The number of benzene rings is 1. The van der Waals surface area contributed by atoms with Crippen LogP contribution in [0, 0.1) is 22.6 Å². The third kappa shape index (κ3) is 3.46. The van der Waals surface area contributed by atoms with Crippen molar-refractivity contribution in [3.8, 4) is 17.2 Å². The molecule has 4 rings (SSSR count). The fourth-order valence-electron chi connectivity index (χ4n) is 3.49. The number of anilines is 1. The second-order valence-electron chi connectivity index (χ2n) is 6.82. The van der Waals surface area contributed by atoms with Gasteiger partial charge in [-0.2, -0.15) is 5.26 Å². The number of amides is 1. The van der Waals surface area contributed by atoms with Crippen LogP contribution in [0.15, 0.2) is 30.7 Å². The Morgan fingerprint density at radius 1 is 1.43 bits per heavy atom. The van der Waals surface area contributed by atoms with Crippen LogP contribution < -0.4 is 10.2 Å². The average molecular weight is 407 g/mol. The second-order valence-corrected chi connectivity index (χ2v) is 6.82. The largest absolute Gasteiger partial charge is 0.365 e. The number of nitrogens with zero attached hydrogens (tertiary/aromatic N) is 4. The summed E-state index contributed by atoms with van der Waals surface area (Å²) >= 11 is 0. The van der Waals surface area contributed by atoms with Gasteiger partial charge in [0, 0.05) is 23.9 Å². The van der Waals surface area contributed by atoms with Crippen LogP contribution in [0.25, 0.3) is 22.2 Å². The molecule has 1 unspecified atom stereocenters. The van der Waals surface area contributed by atoms with Crippen LogP contribution in [-0.2, 0) is 9.53 Å². The van der Waals surface area contributed by atoms with Gasteiger partial charge >= 0.3 is 0 Å². The maximum Gasteiger partial charge on any atom is 0.256 e. The van der Waals surface area contributed by atoms with Gasteiger partial charge in [-0.1, -0.05) is 12.1 Å². The normalized spacial score (nSPS) is 16.3. The van der Waals surface area contributed by atoms with Crippen LogP contribution in [0.1, 0.15) is 12.5 Å². The molecule has 1 amide bonds. The fourth-order valence-corrected chi connectivity index (χ4v) is 3.49. The Morgan fingerprint density at radius 3 is 3.03 bits per heavy atom.